The van der Waals surface area contributed by atoms with Gasteiger partial charge in [-0.3, -0.25) is 9.59 Å². The lowest BCUT2D eigenvalue weighted by atomic mass is 10.1. The average molecular weight is 393 g/mol. The van der Waals surface area contributed by atoms with E-state index in [9.17, 15) is 9.59 Å². The van der Waals surface area contributed by atoms with Crippen LogP contribution in [-0.2, 0) is 17.8 Å². The molecule has 1 heterocycles. The molecule has 0 fully saturated rings. The Morgan fingerprint density at radius 1 is 1.00 bits per heavy atom. The Labute approximate surface area is 168 Å². The summed E-state index contributed by atoms with van der Waals surface area (Å²) in [6, 6.07) is 18.2. The second-order valence-corrected chi connectivity index (χ2v) is 6.37. The Morgan fingerprint density at radius 3 is 2.48 bits per heavy atom. The fourth-order valence-corrected chi connectivity index (χ4v) is 2.90. The summed E-state index contributed by atoms with van der Waals surface area (Å²) < 4.78 is 11.7. The number of amides is 1. The van der Waals surface area contributed by atoms with Crippen LogP contribution in [0.5, 0.6) is 11.5 Å². The lowest BCUT2D eigenvalue weighted by Gasteiger charge is -2.10. The van der Waals surface area contributed by atoms with Crippen molar-refractivity contribution in [2.24, 2.45) is 0 Å². The molecule has 0 saturated heterocycles. The molecular formula is C22H23N3O4. The molecule has 0 aliphatic heterocycles. The minimum atomic E-state index is -0.320. The molecule has 0 unspecified atom stereocenters. The lowest BCUT2D eigenvalue weighted by Crippen LogP contribution is -2.34. The average Bonchev–Trinajstić information content (AvgIpc) is 2.75. The molecule has 7 nitrogen and oxygen atoms in total. The molecule has 0 radical (unpaired) electrons. The summed E-state index contributed by atoms with van der Waals surface area (Å²) in [5.74, 6) is 1.03. The first-order valence-corrected chi connectivity index (χ1v) is 9.22. The van der Waals surface area contributed by atoms with Crippen LogP contribution in [-0.4, -0.2) is 36.5 Å². The number of aromatic nitrogens is 2. The molecule has 0 bridgehead atoms. The Morgan fingerprint density at radius 2 is 1.76 bits per heavy atom. The van der Waals surface area contributed by atoms with Crippen molar-refractivity contribution in [1.82, 2.24) is 15.1 Å². The van der Waals surface area contributed by atoms with Crippen LogP contribution >= 0.6 is 0 Å². The molecule has 7 heteroatoms. The fraction of sp³-hybridized carbons (Fsp3) is 0.227. The van der Waals surface area contributed by atoms with Crippen LogP contribution in [0.15, 0.2) is 65.5 Å². The summed E-state index contributed by atoms with van der Waals surface area (Å²) in [6.07, 6.45) is 0.623. The van der Waals surface area contributed by atoms with E-state index in [1.807, 2.05) is 48.5 Å². The highest BCUT2D eigenvalue weighted by atomic mass is 16.5. The zero-order chi connectivity index (χ0) is 20.6. The van der Waals surface area contributed by atoms with Gasteiger partial charge in [-0.05, 0) is 30.2 Å². The van der Waals surface area contributed by atoms with Gasteiger partial charge in [-0.15, -0.1) is 0 Å². The van der Waals surface area contributed by atoms with Crippen LogP contribution in [0, 0.1) is 0 Å². The molecule has 3 rings (SSSR count). The quantitative estimate of drug-likeness (QED) is 0.635. The highest BCUT2D eigenvalue weighted by Gasteiger charge is 2.09. The van der Waals surface area contributed by atoms with Gasteiger partial charge >= 0.3 is 0 Å². The van der Waals surface area contributed by atoms with Gasteiger partial charge in [0.25, 0.3) is 5.56 Å². The van der Waals surface area contributed by atoms with E-state index in [-0.39, 0.29) is 18.0 Å². The standard InChI is InChI=1S/C22H23N3O4/c1-28-19-10-8-16(14-20(19)29-2)12-13-23-21(26)15-25-22(27)11-9-18(24-25)17-6-4-3-5-7-17/h3-11,14H,12-13,15H2,1-2H3,(H,23,26). The van der Waals surface area contributed by atoms with E-state index in [4.69, 9.17) is 9.47 Å². The van der Waals surface area contributed by atoms with Crippen LogP contribution in [0.4, 0.5) is 0 Å². The normalized spacial score (nSPS) is 10.4. The number of methoxy groups -OCH3 is 2. The molecule has 1 N–H and O–H groups in total. The van der Waals surface area contributed by atoms with Gasteiger partial charge in [-0.2, -0.15) is 5.10 Å². The summed E-state index contributed by atoms with van der Waals surface area (Å²) in [5, 5.41) is 7.12. The van der Waals surface area contributed by atoms with Gasteiger partial charge in [0.2, 0.25) is 5.91 Å². The highest BCUT2D eigenvalue weighted by Crippen LogP contribution is 2.27. The molecule has 0 spiro atoms. The van der Waals surface area contributed by atoms with E-state index >= 15 is 0 Å². The van der Waals surface area contributed by atoms with Crippen molar-refractivity contribution in [2.45, 2.75) is 13.0 Å². The van der Waals surface area contributed by atoms with Gasteiger partial charge < -0.3 is 14.8 Å². The first-order valence-electron chi connectivity index (χ1n) is 9.22. The number of nitrogens with one attached hydrogen (secondary N) is 1. The van der Waals surface area contributed by atoms with Crippen molar-refractivity contribution >= 4 is 5.91 Å². The zero-order valence-corrected chi connectivity index (χ0v) is 16.4. The van der Waals surface area contributed by atoms with Crippen molar-refractivity contribution in [3.8, 4) is 22.8 Å². The summed E-state index contributed by atoms with van der Waals surface area (Å²) in [4.78, 5) is 24.3. The van der Waals surface area contributed by atoms with Crippen molar-refractivity contribution < 1.29 is 14.3 Å². The lowest BCUT2D eigenvalue weighted by molar-refractivity contribution is -0.121. The molecule has 3 aromatic rings. The summed E-state index contributed by atoms with van der Waals surface area (Å²) in [5.41, 5.74) is 2.21. The van der Waals surface area contributed by atoms with Crippen LogP contribution in [0.3, 0.4) is 0 Å². The van der Waals surface area contributed by atoms with E-state index in [0.717, 1.165) is 11.1 Å². The Hall–Kier alpha value is -3.61. The molecule has 2 aromatic carbocycles. The predicted molar refractivity (Wildman–Crippen MR) is 110 cm³/mol. The van der Waals surface area contributed by atoms with E-state index in [1.54, 1.807) is 20.3 Å². The van der Waals surface area contributed by atoms with E-state index in [0.29, 0.717) is 30.2 Å². The molecule has 0 atom stereocenters. The second kappa shape index (κ2) is 9.54. The highest BCUT2D eigenvalue weighted by molar-refractivity contribution is 5.75. The molecule has 0 aliphatic carbocycles. The van der Waals surface area contributed by atoms with Crippen molar-refractivity contribution in [1.29, 1.82) is 0 Å². The van der Waals surface area contributed by atoms with Crippen molar-refractivity contribution in [3.05, 3.63) is 76.6 Å². The van der Waals surface area contributed by atoms with Crippen LogP contribution in [0.1, 0.15) is 5.56 Å². The SMILES string of the molecule is COc1ccc(CCNC(=O)Cn2nc(-c3ccccc3)ccc2=O)cc1OC. The van der Waals surface area contributed by atoms with Crippen LogP contribution in [0.2, 0.25) is 0 Å². The molecule has 29 heavy (non-hydrogen) atoms. The number of hydrogen-bond acceptors (Lipinski definition) is 5. The third-order valence-corrected chi connectivity index (χ3v) is 4.41. The first-order chi connectivity index (χ1) is 14.1. The maximum atomic E-state index is 12.3. The maximum absolute atomic E-state index is 12.3. The van der Waals surface area contributed by atoms with Crippen LogP contribution in [0.25, 0.3) is 11.3 Å². The number of hydrogen-bond donors (Lipinski definition) is 1. The zero-order valence-electron chi connectivity index (χ0n) is 16.4. The number of benzene rings is 2. The van der Waals surface area contributed by atoms with E-state index in [2.05, 4.69) is 10.4 Å². The molecule has 1 amide bonds. The fourth-order valence-electron chi connectivity index (χ4n) is 2.90. The number of carbonyl (C=O) groups is 1. The molecule has 150 valence electrons. The van der Waals surface area contributed by atoms with Crippen molar-refractivity contribution in [3.63, 3.8) is 0 Å². The van der Waals surface area contributed by atoms with E-state index in [1.165, 1.54) is 10.7 Å². The Balaban J connectivity index is 1.59. The van der Waals surface area contributed by atoms with E-state index < -0.39 is 0 Å². The molecule has 0 saturated carbocycles. The summed E-state index contributed by atoms with van der Waals surface area (Å²) in [7, 11) is 3.16. The number of carbonyl (C=O) groups excluding carboxylic acids is 1. The Bertz CT molecular complexity index is 1030. The number of rotatable bonds is 8. The topological polar surface area (TPSA) is 82.5 Å². The smallest absolute Gasteiger partial charge is 0.267 e. The van der Waals surface area contributed by atoms with Gasteiger partial charge in [0.05, 0.1) is 19.9 Å². The molecule has 1 aromatic heterocycles. The third-order valence-electron chi connectivity index (χ3n) is 4.41. The van der Waals surface area contributed by atoms with Crippen LogP contribution < -0.4 is 20.3 Å². The third kappa shape index (κ3) is 5.22. The molecule has 0 aliphatic rings. The van der Waals surface area contributed by atoms with Gasteiger partial charge in [-0.1, -0.05) is 36.4 Å². The minimum absolute atomic E-state index is 0.133. The van der Waals surface area contributed by atoms with Gasteiger partial charge in [0, 0.05) is 18.2 Å². The second-order valence-electron chi connectivity index (χ2n) is 6.37. The van der Waals surface area contributed by atoms with Crippen molar-refractivity contribution in [2.75, 3.05) is 20.8 Å². The summed E-state index contributed by atoms with van der Waals surface area (Å²) in [6.45, 7) is 0.298. The largest absolute Gasteiger partial charge is 0.493 e. The molecular weight excluding hydrogens is 370 g/mol. The van der Waals surface area contributed by atoms with Gasteiger partial charge in [0.15, 0.2) is 11.5 Å². The predicted octanol–water partition coefficient (Wildman–Crippen LogP) is 2.29. The number of nitrogens with zero attached hydrogens (tertiary/aromatic N) is 2. The summed E-state index contributed by atoms with van der Waals surface area (Å²) >= 11 is 0. The monoisotopic (exact) mass is 393 g/mol. The maximum Gasteiger partial charge on any atom is 0.267 e. The van der Waals surface area contributed by atoms with Gasteiger partial charge in [-0.25, -0.2) is 4.68 Å². The Kier molecular flexibility index (Phi) is 6.63. The number of ether oxygens (including phenoxy) is 2. The van der Waals surface area contributed by atoms with Gasteiger partial charge in [0.1, 0.15) is 6.54 Å². The first kappa shape index (κ1) is 20.1. The minimum Gasteiger partial charge on any atom is -0.493 e.